The third-order valence-corrected chi connectivity index (χ3v) is 3.45. The molecule has 0 spiro atoms. The zero-order valence-electron chi connectivity index (χ0n) is 15.4. The molecule has 0 aliphatic rings. The molecule has 0 fully saturated rings. The molecule has 0 aliphatic carbocycles. The van der Waals surface area contributed by atoms with Gasteiger partial charge in [0.2, 0.25) is 0 Å². The lowest BCUT2D eigenvalue weighted by molar-refractivity contribution is 0.229. The lowest BCUT2D eigenvalue weighted by Gasteiger charge is -2.23. The van der Waals surface area contributed by atoms with E-state index in [1.54, 1.807) is 36.5 Å². The van der Waals surface area contributed by atoms with Crippen molar-refractivity contribution in [2.24, 2.45) is 0 Å². The number of pyridine rings is 3. The van der Waals surface area contributed by atoms with E-state index in [1.807, 2.05) is 0 Å². The fourth-order valence-electron chi connectivity index (χ4n) is 2.17. The molecule has 6 amide bonds. The maximum atomic E-state index is 12.6. The molecule has 3 heterocycles. The number of urea groups is 3. The first-order valence-corrected chi connectivity index (χ1v) is 8.57. The molecule has 3 aromatic rings. The molecular formula is C18H17N9O3. The fourth-order valence-corrected chi connectivity index (χ4v) is 2.17. The van der Waals surface area contributed by atoms with Crippen molar-refractivity contribution in [3.05, 3.63) is 73.4 Å². The van der Waals surface area contributed by atoms with Gasteiger partial charge in [0, 0.05) is 24.8 Å². The van der Waals surface area contributed by atoms with Gasteiger partial charge in [-0.15, -0.1) is 0 Å². The summed E-state index contributed by atoms with van der Waals surface area (Å²) >= 11 is 0. The highest BCUT2D eigenvalue weighted by molar-refractivity contribution is 5.99. The van der Waals surface area contributed by atoms with E-state index in [4.69, 9.17) is 0 Å². The molecule has 12 nitrogen and oxygen atoms in total. The first-order valence-electron chi connectivity index (χ1n) is 8.57. The molecule has 5 N–H and O–H groups in total. The first kappa shape index (κ1) is 20.0. The Bertz CT molecular complexity index is 988. The van der Waals surface area contributed by atoms with Gasteiger partial charge in [-0.05, 0) is 36.4 Å². The van der Waals surface area contributed by atoms with Crippen LogP contribution in [0.15, 0.2) is 73.4 Å². The van der Waals surface area contributed by atoms with Crippen LogP contribution in [0.2, 0.25) is 0 Å². The van der Waals surface area contributed by atoms with Gasteiger partial charge in [-0.25, -0.2) is 35.6 Å². The highest BCUT2D eigenvalue weighted by atomic mass is 16.2. The highest BCUT2D eigenvalue weighted by Gasteiger charge is 2.19. The van der Waals surface area contributed by atoms with Gasteiger partial charge in [0.25, 0.3) is 0 Å². The van der Waals surface area contributed by atoms with Crippen molar-refractivity contribution in [2.45, 2.75) is 0 Å². The molecule has 30 heavy (non-hydrogen) atoms. The molecule has 0 atom stereocenters. The largest absolute Gasteiger partial charge is 0.359 e. The third-order valence-electron chi connectivity index (χ3n) is 3.45. The maximum absolute atomic E-state index is 12.6. The summed E-state index contributed by atoms with van der Waals surface area (Å²) in [6.45, 7) is 0. The number of nitrogens with one attached hydrogen (secondary N) is 5. The van der Waals surface area contributed by atoms with Crippen LogP contribution in [0.1, 0.15) is 0 Å². The summed E-state index contributed by atoms with van der Waals surface area (Å²) in [6, 6.07) is 8.98. The van der Waals surface area contributed by atoms with Crippen molar-refractivity contribution in [3.63, 3.8) is 0 Å². The fraction of sp³-hybridized carbons (Fsp3) is 0. The minimum atomic E-state index is -0.835. The van der Waals surface area contributed by atoms with Crippen molar-refractivity contribution in [1.82, 2.24) is 31.2 Å². The zero-order chi connectivity index (χ0) is 21.2. The van der Waals surface area contributed by atoms with Gasteiger partial charge < -0.3 is 5.32 Å². The van der Waals surface area contributed by atoms with Crippen molar-refractivity contribution in [1.29, 1.82) is 0 Å². The number of aromatic nitrogens is 3. The Balaban J connectivity index is 1.62. The normalized spacial score (nSPS) is 9.73. The van der Waals surface area contributed by atoms with Crippen molar-refractivity contribution < 1.29 is 14.4 Å². The van der Waals surface area contributed by atoms with Crippen molar-refractivity contribution >= 4 is 35.3 Å². The predicted octanol–water partition coefficient (Wildman–Crippen LogP) is 1.86. The maximum Gasteiger partial charge on any atom is 0.359 e. The molecule has 0 aromatic carbocycles. The number of hydrogen-bond donors (Lipinski definition) is 5. The third kappa shape index (κ3) is 5.88. The molecule has 0 bridgehead atoms. The Morgan fingerprint density at radius 3 is 2.30 bits per heavy atom. The molecule has 3 aromatic heterocycles. The minimum Gasteiger partial charge on any atom is -0.305 e. The van der Waals surface area contributed by atoms with Crippen LogP contribution in [0.4, 0.5) is 31.6 Å². The summed E-state index contributed by atoms with van der Waals surface area (Å²) in [7, 11) is 0. The smallest absolute Gasteiger partial charge is 0.305 e. The van der Waals surface area contributed by atoms with Crippen molar-refractivity contribution in [2.75, 3.05) is 15.6 Å². The monoisotopic (exact) mass is 407 g/mol. The molecule has 3 rings (SSSR count). The lowest BCUT2D eigenvalue weighted by atomic mass is 10.4. The molecule has 0 saturated heterocycles. The molecule has 12 heteroatoms. The molecule has 0 unspecified atom stereocenters. The van der Waals surface area contributed by atoms with E-state index in [0.29, 0.717) is 17.2 Å². The number of carbonyl (C=O) groups excluding carboxylic acids is 3. The Kier molecular flexibility index (Phi) is 6.66. The van der Waals surface area contributed by atoms with Crippen LogP contribution in [-0.2, 0) is 0 Å². The van der Waals surface area contributed by atoms with Gasteiger partial charge in [0.05, 0.1) is 17.6 Å². The molecule has 0 aliphatic heterocycles. The summed E-state index contributed by atoms with van der Waals surface area (Å²) in [5, 5.41) is 5.87. The molecular weight excluding hydrogens is 390 g/mol. The summed E-state index contributed by atoms with van der Waals surface area (Å²) in [5.74, 6) is 0.296. The first-order chi connectivity index (χ1) is 14.6. The predicted molar refractivity (Wildman–Crippen MR) is 108 cm³/mol. The van der Waals surface area contributed by atoms with Crippen molar-refractivity contribution in [3.8, 4) is 0 Å². The van der Waals surface area contributed by atoms with Gasteiger partial charge in [0.1, 0.15) is 5.82 Å². The van der Waals surface area contributed by atoms with Gasteiger partial charge >= 0.3 is 18.1 Å². The van der Waals surface area contributed by atoms with E-state index < -0.39 is 18.1 Å². The Hall–Kier alpha value is -4.74. The van der Waals surface area contributed by atoms with E-state index in [-0.39, 0.29) is 0 Å². The van der Waals surface area contributed by atoms with E-state index >= 15 is 0 Å². The average molecular weight is 407 g/mol. The van der Waals surface area contributed by atoms with Gasteiger partial charge in [-0.2, -0.15) is 5.01 Å². The molecule has 0 radical (unpaired) electrons. The standard InChI is InChI=1S/C18H17N9O3/c28-16(23-15-5-1-2-9-21-15)24-25-18(30)27(14-6-10-19-11-7-14)26-17(29)22-13-4-3-8-20-12-13/h1-12H,(H,25,30)(H2,22,26,29)(H2,21,23,24,28). The second-order valence-corrected chi connectivity index (χ2v) is 5.57. The Labute approximate surface area is 170 Å². The topological polar surface area (TPSA) is 153 Å². The Morgan fingerprint density at radius 1 is 0.767 bits per heavy atom. The van der Waals surface area contributed by atoms with Crippen LogP contribution in [0.3, 0.4) is 0 Å². The summed E-state index contributed by atoms with van der Waals surface area (Å²) < 4.78 is 0. The minimum absolute atomic E-state index is 0.296. The van der Waals surface area contributed by atoms with Crippen LogP contribution in [0.5, 0.6) is 0 Å². The summed E-state index contributed by atoms with van der Waals surface area (Å²) in [5.41, 5.74) is 7.48. The Morgan fingerprint density at radius 2 is 1.60 bits per heavy atom. The number of rotatable bonds is 3. The SMILES string of the molecule is O=C(NNC(=O)N(NC(=O)Nc1cccnc1)c1ccncc1)Nc1ccccn1. The van der Waals surface area contributed by atoms with Crippen LogP contribution in [-0.4, -0.2) is 33.0 Å². The van der Waals surface area contributed by atoms with E-state index in [0.717, 1.165) is 5.01 Å². The summed E-state index contributed by atoms with van der Waals surface area (Å²) in [4.78, 5) is 48.5. The second-order valence-electron chi connectivity index (χ2n) is 5.57. The summed E-state index contributed by atoms with van der Waals surface area (Å²) in [6.07, 6.45) is 7.39. The van der Waals surface area contributed by atoms with Crippen LogP contribution in [0, 0.1) is 0 Å². The second kappa shape index (κ2) is 9.98. The number of hydrazine groups is 2. The van der Waals surface area contributed by atoms with Crippen LogP contribution >= 0.6 is 0 Å². The highest BCUT2D eigenvalue weighted by Crippen LogP contribution is 2.10. The van der Waals surface area contributed by atoms with E-state index in [9.17, 15) is 14.4 Å². The van der Waals surface area contributed by atoms with E-state index in [2.05, 4.69) is 41.9 Å². The quantitative estimate of drug-likeness (QED) is 0.418. The zero-order valence-corrected chi connectivity index (χ0v) is 15.4. The average Bonchev–Trinajstić information content (AvgIpc) is 2.78. The van der Waals surface area contributed by atoms with Gasteiger partial charge in [-0.1, -0.05) is 6.07 Å². The number of amides is 6. The number of carbonyl (C=O) groups is 3. The van der Waals surface area contributed by atoms with E-state index in [1.165, 1.54) is 36.9 Å². The van der Waals surface area contributed by atoms with Gasteiger partial charge in [-0.3, -0.25) is 15.3 Å². The molecule has 152 valence electrons. The van der Waals surface area contributed by atoms with Gasteiger partial charge in [0.15, 0.2) is 0 Å². The number of nitrogens with zero attached hydrogens (tertiary/aromatic N) is 4. The van der Waals surface area contributed by atoms with Crippen LogP contribution in [0.25, 0.3) is 0 Å². The molecule has 0 saturated carbocycles. The number of anilines is 3. The lowest BCUT2D eigenvalue weighted by Crippen LogP contribution is -2.56. The number of hydrogen-bond acceptors (Lipinski definition) is 6. The van der Waals surface area contributed by atoms with Crippen LogP contribution < -0.4 is 31.9 Å².